The van der Waals surface area contributed by atoms with Crippen LogP contribution in [0.15, 0.2) is 48.8 Å². The van der Waals surface area contributed by atoms with E-state index < -0.39 is 0 Å². The summed E-state index contributed by atoms with van der Waals surface area (Å²) in [5.74, 6) is 1.07. The Morgan fingerprint density at radius 1 is 1.14 bits per heavy atom. The first-order valence-electron chi connectivity index (χ1n) is 7.47. The molecule has 0 radical (unpaired) electrons. The summed E-state index contributed by atoms with van der Waals surface area (Å²) < 4.78 is 4.04. The topological polar surface area (TPSA) is 42.0 Å². The second kappa shape index (κ2) is 4.94. The van der Waals surface area contributed by atoms with Crippen LogP contribution in [0.2, 0.25) is 0 Å². The Hall–Kier alpha value is -2.69. The van der Waals surface area contributed by atoms with Gasteiger partial charge in [0.15, 0.2) is 5.52 Å². The van der Waals surface area contributed by atoms with Gasteiger partial charge in [0.25, 0.3) is 0 Å². The zero-order valence-electron chi connectivity index (χ0n) is 12.4. The number of aryl methyl sites for hydroxylation is 1. The van der Waals surface area contributed by atoms with Crippen molar-refractivity contribution in [2.24, 2.45) is 7.05 Å². The molecule has 1 fully saturated rings. The van der Waals surface area contributed by atoms with Crippen molar-refractivity contribution in [1.29, 1.82) is 0 Å². The molecule has 3 aromatic rings. The Morgan fingerprint density at radius 2 is 1.91 bits per heavy atom. The molecular formula is C17H17N4O+. The van der Waals surface area contributed by atoms with Gasteiger partial charge in [-0.15, -0.1) is 0 Å². The van der Waals surface area contributed by atoms with E-state index in [9.17, 15) is 4.79 Å². The van der Waals surface area contributed by atoms with Crippen LogP contribution in [0.1, 0.15) is 12.8 Å². The van der Waals surface area contributed by atoms with Crippen molar-refractivity contribution in [3.05, 3.63) is 48.8 Å². The van der Waals surface area contributed by atoms with Crippen molar-refractivity contribution >= 4 is 22.6 Å². The number of benzene rings is 1. The van der Waals surface area contributed by atoms with Crippen LogP contribution >= 0.6 is 0 Å². The van der Waals surface area contributed by atoms with Gasteiger partial charge >= 0.3 is 5.95 Å². The zero-order valence-corrected chi connectivity index (χ0v) is 12.4. The fourth-order valence-corrected chi connectivity index (χ4v) is 3.02. The van der Waals surface area contributed by atoms with Crippen LogP contribution in [0.5, 0.6) is 0 Å². The summed E-state index contributed by atoms with van der Waals surface area (Å²) in [7, 11) is 2.01. The minimum absolute atomic E-state index is 0.209. The Morgan fingerprint density at radius 3 is 2.59 bits per heavy atom. The zero-order chi connectivity index (χ0) is 15.1. The predicted octanol–water partition coefficient (Wildman–Crippen LogP) is 1.98. The van der Waals surface area contributed by atoms with E-state index in [4.69, 9.17) is 0 Å². The molecule has 1 aromatic carbocycles. The average molecular weight is 293 g/mol. The van der Waals surface area contributed by atoms with Crippen LogP contribution < -0.4 is 9.47 Å². The first kappa shape index (κ1) is 13.0. The lowest BCUT2D eigenvalue weighted by Crippen LogP contribution is -2.34. The van der Waals surface area contributed by atoms with Crippen molar-refractivity contribution < 1.29 is 9.36 Å². The fraction of sp³-hybridized carbons (Fsp3) is 0.235. The molecule has 22 heavy (non-hydrogen) atoms. The molecule has 0 aliphatic carbocycles. The Balaban J connectivity index is 1.73. The van der Waals surface area contributed by atoms with Crippen LogP contribution in [0, 0.1) is 0 Å². The van der Waals surface area contributed by atoms with Crippen LogP contribution in [-0.2, 0) is 11.8 Å². The van der Waals surface area contributed by atoms with Gasteiger partial charge in [-0.25, -0.2) is 9.13 Å². The maximum Gasteiger partial charge on any atom is 0.404 e. The summed E-state index contributed by atoms with van der Waals surface area (Å²) in [5.41, 5.74) is 3.03. The lowest BCUT2D eigenvalue weighted by molar-refractivity contribution is -0.604. The summed E-state index contributed by atoms with van der Waals surface area (Å²) >= 11 is 0. The number of rotatable bonds is 2. The molecule has 5 heteroatoms. The molecule has 0 atom stereocenters. The number of nitrogens with zero attached hydrogens (tertiary/aromatic N) is 4. The maximum absolute atomic E-state index is 11.8. The number of aromatic nitrogens is 3. The van der Waals surface area contributed by atoms with Gasteiger partial charge in [0.05, 0.1) is 19.4 Å². The molecule has 2 aromatic heterocycles. The number of anilines is 1. The Kier molecular flexibility index (Phi) is 2.92. The molecular weight excluding hydrogens is 276 g/mol. The van der Waals surface area contributed by atoms with Crippen LogP contribution in [-0.4, -0.2) is 22.0 Å². The summed E-state index contributed by atoms with van der Waals surface area (Å²) in [5, 5.41) is 0. The first-order valence-corrected chi connectivity index (χ1v) is 7.47. The largest absolute Gasteiger partial charge is 0.404 e. The molecule has 1 aliphatic rings. The molecule has 0 unspecified atom stereocenters. The third kappa shape index (κ3) is 1.97. The van der Waals surface area contributed by atoms with Gasteiger partial charge in [-0.05, 0) is 30.7 Å². The van der Waals surface area contributed by atoms with Crippen LogP contribution in [0.3, 0.4) is 0 Å². The smallest absolute Gasteiger partial charge is 0.312 e. The van der Waals surface area contributed by atoms with Crippen LogP contribution in [0.25, 0.3) is 17.0 Å². The second-order valence-electron chi connectivity index (χ2n) is 5.57. The number of pyridine rings is 1. The third-order valence-electron chi connectivity index (χ3n) is 4.19. The number of imidazole rings is 1. The molecule has 4 rings (SSSR count). The predicted molar refractivity (Wildman–Crippen MR) is 83.8 cm³/mol. The van der Waals surface area contributed by atoms with Crippen LogP contribution in [0.4, 0.5) is 5.69 Å². The van der Waals surface area contributed by atoms with Crippen molar-refractivity contribution in [3.63, 3.8) is 0 Å². The van der Waals surface area contributed by atoms with E-state index in [1.54, 1.807) is 0 Å². The summed E-state index contributed by atoms with van der Waals surface area (Å²) in [6.45, 7) is 0.815. The van der Waals surface area contributed by atoms with Gasteiger partial charge < -0.3 is 4.90 Å². The van der Waals surface area contributed by atoms with E-state index >= 15 is 0 Å². The molecule has 3 heterocycles. The number of carbonyl (C=O) groups is 1. The number of hydrogen-bond acceptors (Lipinski definition) is 2. The van der Waals surface area contributed by atoms with Crippen molar-refractivity contribution in [3.8, 4) is 5.95 Å². The fourth-order valence-electron chi connectivity index (χ4n) is 3.02. The second-order valence-corrected chi connectivity index (χ2v) is 5.57. The monoisotopic (exact) mass is 293 g/mol. The van der Waals surface area contributed by atoms with E-state index in [1.807, 2.05) is 59.2 Å². The molecule has 0 saturated carbocycles. The van der Waals surface area contributed by atoms with Crippen molar-refractivity contribution in [2.75, 3.05) is 11.4 Å². The highest BCUT2D eigenvalue weighted by Crippen LogP contribution is 2.20. The molecule has 0 spiro atoms. The SMILES string of the molecule is Cn1c(-[n+]2ccc(N3CCCC3=O)cc2)nc2ccccc21. The van der Waals surface area contributed by atoms with Gasteiger partial charge in [-0.1, -0.05) is 17.1 Å². The van der Waals surface area contributed by atoms with Gasteiger partial charge in [-0.3, -0.25) is 4.79 Å². The van der Waals surface area contributed by atoms with Gasteiger partial charge in [0, 0.05) is 18.7 Å². The first-order chi connectivity index (χ1) is 10.7. The molecule has 1 amide bonds. The number of fused-ring (bicyclic) bond motifs is 1. The molecule has 5 nitrogen and oxygen atoms in total. The number of para-hydroxylation sites is 2. The minimum atomic E-state index is 0.209. The number of carbonyl (C=O) groups excluding carboxylic acids is 1. The van der Waals surface area contributed by atoms with Gasteiger partial charge in [0.1, 0.15) is 5.52 Å². The molecule has 0 N–H and O–H groups in total. The molecule has 0 bridgehead atoms. The average Bonchev–Trinajstić information content (AvgIpc) is 3.12. The highest BCUT2D eigenvalue weighted by molar-refractivity contribution is 5.95. The summed E-state index contributed by atoms with van der Waals surface area (Å²) in [6, 6.07) is 12.0. The van der Waals surface area contributed by atoms with E-state index in [2.05, 4.69) is 15.6 Å². The maximum atomic E-state index is 11.8. The quantitative estimate of drug-likeness (QED) is 0.678. The van der Waals surface area contributed by atoms with E-state index in [0.29, 0.717) is 6.42 Å². The van der Waals surface area contributed by atoms with E-state index in [1.165, 1.54) is 0 Å². The molecule has 1 saturated heterocycles. The van der Waals surface area contributed by atoms with Crippen molar-refractivity contribution in [1.82, 2.24) is 9.55 Å². The van der Waals surface area contributed by atoms with E-state index in [0.717, 1.165) is 35.6 Å². The minimum Gasteiger partial charge on any atom is -0.312 e. The van der Waals surface area contributed by atoms with Gasteiger partial charge in [0.2, 0.25) is 5.91 Å². The summed E-state index contributed by atoms with van der Waals surface area (Å²) in [4.78, 5) is 18.3. The Labute approximate surface area is 128 Å². The lowest BCUT2D eigenvalue weighted by atomic mass is 10.3. The number of hydrogen-bond donors (Lipinski definition) is 0. The Bertz CT molecular complexity index is 851. The van der Waals surface area contributed by atoms with Gasteiger partial charge in [-0.2, -0.15) is 0 Å². The highest BCUT2D eigenvalue weighted by Gasteiger charge is 2.23. The third-order valence-corrected chi connectivity index (χ3v) is 4.19. The summed E-state index contributed by atoms with van der Waals surface area (Å²) in [6.07, 6.45) is 5.52. The molecule has 110 valence electrons. The normalized spacial score (nSPS) is 15.0. The van der Waals surface area contributed by atoms with E-state index in [-0.39, 0.29) is 5.91 Å². The highest BCUT2D eigenvalue weighted by atomic mass is 16.2. The number of amides is 1. The molecule has 1 aliphatic heterocycles. The lowest BCUT2D eigenvalue weighted by Gasteiger charge is -2.15. The van der Waals surface area contributed by atoms with Crippen molar-refractivity contribution in [2.45, 2.75) is 12.8 Å². The standard InChI is InChI=1S/C17H17N4O/c1-19-15-6-3-2-5-14(15)18-17(19)20-11-8-13(9-12-20)21-10-4-7-16(21)22/h2-3,5-6,8-9,11-12H,4,7,10H2,1H3/q+1.